The standard InChI is InChI=1S/C20H19N7OS/c1-26-15-9-4-2-7-13(15)17-18(26)23-19(25-24-17)29-12-6-11-21-27-16-10-5-3-8-14(16)22-20(27)28/h2-5,7-10,21H,6,11-12H2,1H3,(H,22,28). The van der Waals surface area contributed by atoms with Gasteiger partial charge in [-0.2, -0.15) is 0 Å². The Morgan fingerprint density at radius 3 is 2.76 bits per heavy atom. The molecule has 146 valence electrons. The summed E-state index contributed by atoms with van der Waals surface area (Å²) >= 11 is 1.57. The minimum Gasteiger partial charge on any atom is -0.327 e. The van der Waals surface area contributed by atoms with Gasteiger partial charge in [-0.25, -0.2) is 14.5 Å². The molecule has 29 heavy (non-hydrogen) atoms. The molecule has 0 aliphatic rings. The Kier molecular flexibility index (Phi) is 4.44. The summed E-state index contributed by atoms with van der Waals surface area (Å²) in [6, 6.07) is 15.7. The van der Waals surface area contributed by atoms with Crippen molar-refractivity contribution in [2.24, 2.45) is 7.05 Å². The van der Waals surface area contributed by atoms with Crippen molar-refractivity contribution in [3.63, 3.8) is 0 Å². The van der Waals surface area contributed by atoms with Crippen molar-refractivity contribution >= 4 is 44.9 Å². The van der Waals surface area contributed by atoms with Crippen molar-refractivity contribution in [2.75, 3.05) is 17.7 Å². The second kappa shape index (κ2) is 7.25. The summed E-state index contributed by atoms with van der Waals surface area (Å²) in [7, 11) is 2.00. The molecule has 0 amide bonds. The van der Waals surface area contributed by atoms with Crippen molar-refractivity contribution in [3.8, 4) is 0 Å². The molecule has 8 nitrogen and oxygen atoms in total. The first kappa shape index (κ1) is 17.7. The van der Waals surface area contributed by atoms with Crippen molar-refractivity contribution in [1.29, 1.82) is 0 Å². The third-order valence-corrected chi connectivity index (χ3v) is 5.82. The van der Waals surface area contributed by atoms with Crippen molar-refractivity contribution < 1.29 is 0 Å². The van der Waals surface area contributed by atoms with E-state index in [1.165, 1.54) is 0 Å². The third-order valence-electron chi connectivity index (χ3n) is 4.90. The predicted molar refractivity (Wildman–Crippen MR) is 116 cm³/mol. The summed E-state index contributed by atoms with van der Waals surface area (Å²) in [4.78, 5) is 19.6. The lowest BCUT2D eigenvalue weighted by Crippen LogP contribution is -2.27. The molecule has 2 N–H and O–H groups in total. The first-order valence-electron chi connectivity index (χ1n) is 9.36. The Balaban J connectivity index is 1.24. The number of rotatable bonds is 6. The normalized spacial score (nSPS) is 11.6. The molecule has 5 aromatic rings. The predicted octanol–water partition coefficient (Wildman–Crippen LogP) is 2.89. The molecule has 0 unspecified atom stereocenters. The van der Waals surface area contributed by atoms with E-state index in [1.807, 2.05) is 54.1 Å². The van der Waals surface area contributed by atoms with Crippen LogP contribution in [0.2, 0.25) is 0 Å². The molecule has 0 saturated heterocycles. The van der Waals surface area contributed by atoms with Crippen LogP contribution in [0.4, 0.5) is 0 Å². The molecule has 0 bridgehead atoms. The molecular weight excluding hydrogens is 386 g/mol. The molecule has 3 heterocycles. The molecule has 9 heteroatoms. The van der Waals surface area contributed by atoms with Crippen LogP contribution >= 0.6 is 11.8 Å². The Labute approximate surface area is 169 Å². The van der Waals surface area contributed by atoms with Gasteiger partial charge in [0.1, 0.15) is 5.52 Å². The maximum absolute atomic E-state index is 12.1. The molecule has 0 saturated carbocycles. The average molecular weight is 405 g/mol. The van der Waals surface area contributed by atoms with Crippen LogP contribution in [0.3, 0.4) is 0 Å². The quantitative estimate of drug-likeness (QED) is 0.333. The second-order valence-corrected chi connectivity index (χ2v) is 7.80. The van der Waals surface area contributed by atoms with Crippen molar-refractivity contribution in [2.45, 2.75) is 11.6 Å². The van der Waals surface area contributed by atoms with Crippen LogP contribution in [-0.2, 0) is 7.05 Å². The second-order valence-electron chi connectivity index (χ2n) is 6.74. The van der Waals surface area contributed by atoms with E-state index in [9.17, 15) is 4.79 Å². The maximum Gasteiger partial charge on any atom is 0.345 e. The van der Waals surface area contributed by atoms with E-state index in [0.717, 1.165) is 45.3 Å². The summed E-state index contributed by atoms with van der Waals surface area (Å²) < 4.78 is 3.61. The van der Waals surface area contributed by atoms with Gasteiger partial charge in [0.05, 0.1) is 16.6 Å². The number of aryl methyl sites for hydroxylation is 1. The van der Waals surface area contributed by atoms with Gasteiger partial charge in [0.15, 0.2) is 5.65 Å². The average Bonchev–Trinajstić information content (AvgIpc) is 3.22. The SMILES string of the molecule is Cn1c2ccccc2c2nnc(SCCCNn3c(=O)[nH]c4ccccc43)nc21. The first-order chi connectivity index (χ1) is 14.2. The molecule has 2 aromatic carbocycles. The Bertz CT molecular complexity index is 1380. The number of thioether (sulfide) groups is 1. The van der Waals surface area contributed by atoms with Crippen LogP contribution in [0.1, 0.15) is 6.42 Å². The van der Waals surface area contributed by atoms with Gasteiger partial charge in [-0.1, -0.05) is 42.1 Å². The number of imidazole rings is 1. The van der Waals surface area contributed by atoms with Crippen LogP contribution in [0.15, 0.2) is 58.5 Å². The summed E-state index contributed by atoms with van der Waals surface area (Å²) in [5.74, 6) is 0.821. The lowest BCUT2D eigenvalue weighted by molar-refractivity contribution is 0.800. The number of aromatic nitrogens is 6. The zero-order valence-electron chi connectivity index (χ0n) is 15.8. The number of hydrogen-bond donors (Lipinski definition) is 2. The number of fused-ring (bicyclic) bond motifs is 4. The molecule has 3 aromatic heterocycles. The molecule has 0 aliphatic carbocycles. The van der Waals surface area contributed by atoms with Crippen molar-refractivity contribution in [1.82, 2.24) is 29.4 Å². The first-order valence-corrected chi connectivity index (χ1v) is 10.4. The van der Waals surface area contributed by atoms with Gasteiger partial charge in [0.2, 0.25) is 5.16 Å². The number of H-pyrrole nitrogens is 1. The van der Waals surface area contributed by atoms with Gasteiger partial charge in [-0.15, -0.1) is 10.2 Å². The molecular formula is C20H19N7OS. The lowest BCUT2D eigenvalue weighted by Gasteiger charge is -2.07. The number of para-hydroxylation sites is 3. The monoisotopic (exact) mass is 405 g/mol. The highest BCUT2D eigenvalue weighted by Crippen LogP contribution is 2.25. The van der Waals surface area contributed by atoms with Crippen LogP contribution < -0.4 is 11.1 Å². The molecule has 0 aliphatic heterocycles. The summed E-state index contributed by atoms with van der Waals surface area (Å²) in [6.07, 6.45) is 0.854. The Morgan fingerprint density at radius 1 is 1.07 bits per heavy atom. The number of benzene rings is 2. The van der Waals surface area contributed by atoms with E-state index >= 15 is 0 Å². The molecule has 5 rings (SSSR count). The lowest BCUT2D eigenvalue weighted by atomic mass is 10.2. The fraction of sp³-hybridized carbons (Fsp3) is 0.200. The highest BCUT2D eigenvalue weighted by molar-refractivity contribution is 7.99. The minimum absolute atomic E-state index is 0.160. The number of hydrogen-bond acceptors (Lipinski definition) is 6. The molecule has 0 atom stereocenters. The Morgan fingerprint density at radius 2 is 1.86 bits per heavy atom. The van der Waals surface area contributed by atoms with E-state index < -0.39 is 0 Å². The topological polar surface area (TPSA) is 93.4 Å². The van der Waals surface area contributed by atoms with Crippen LogP contribution in [0.5, 0.6) is 0 Å². The molecule has 0 radical (unpaired) electrons. The minimum atomic E-state index is -0.160. The van der Waals surface area contributed by atoms with E-state index in [0.29, 0.717) is 11.7 Å². The van der Waals surface area contributed by atoms with E-state index in [-0.39, 0.29) is 5.69 Å². The van der Waals surface area contributed by atoms with Gasteiger partial charge >= 0.3 is 5.69 Å². The van der Waals surface area contributed by atoms with Crippen molar-refractivity contribution in [3.05, 3.63) is 59.0 Å². The highest BCUT2D eigenvalue weighted by Gasteiger charge is 2.12. The van der Waals surface area contributed by atoms with Crippen LogP contribution in [-0.4, -0.2) is 41.7 Å². The van der Waals surface area contributed by atoms with Gasteiger partial charge in [0, 0.05) is 24.7 Å². The third kappa shape index (κ3) is 3.13. The summed E-state index contributed by atoms with van der Waals surface area (Å²) in [5.41, 5.74) is 7.45. The van der Waals surface area contributed by atoms with Crippen LogP contribution in [0.25, 0.3) is 33.1 Å². The number of nitrogens with zero attached hydrogens (tertiary/aromatic N) is 5. The fourth-order valence-corrected chi connectivity index (χ4v) is 4.21. The van der Waals surface area contributed by atoms with E-state index in [1.54, 1.807) is 16.4 Å². The van der Waals surface area contributed by atoms with Gasteiger partial charge in [-0.05, 0) is 24.6 Å². The smallest absolute Gasteiger partial charge is 0.327 e. The number of nitrogens with one attached hydrogen (secondary N) is 2. The van der Waals surface area contributed by atoms with E-state index in [2.05, 4.69) is 31.7 Å². The zero-order chi connectivity index (χ0) is 19.8. The molecule has 0 fully saturated rings. The largest absolute Gasteiger partial charge is 0.345 e. The van der Waals surface area contributed by atoms with Gasteiger partial charge in [-0.3, -0.25) is 0 Å². The highest BCUT2D eigenvalue weighted by atomic mass is 32.2. The maximum atomic E-state index is 12.1. The van der Waals surface area contributed by atoms with Crippen LogP contribution in [0, 0.1) is 0 Å². The van der Waals surface area contributed by atoms with Gasteiger partial charge < -0.3 is 15.0 Å². The molecule has 0 spiro atoms. The summed E-state index contributed by atoms with van der Waals surface area (Å²) in [6.45, 7) is 0.665. The summed E-state index contributed by atoms with van der Waals surface area (Å²) in [5, 5.41) is 10.4. The fourth-order valence-electron chi connectivity index (χ4n) is 3.49. The van der Waals surface area contributed by atoms with E-state index in [4.69, 9.17) is 0 Å². The number of aromatic amines is 1. The van der Waals surface area contributed by atoms with Gasteiger partial charge in [0.25, 0.3) is 0 Å². The Hall–Kier alpha value is -3.33. The zero-order valence-corrected chi connectivity index (χ0v) is 16.6.